The molecule has 4 nitrogen and oxygen atoms in total. The van der Waals surface area contributed by atoms with E-state index in [9.17, 15) is 4.79 Å². The number of nitrogens with two attached hydrogens (primary N) is 1. The summed E-state index contributed by atoms with van der Waals surface area (Å²) in [6.45, 7) is 6.86. The number of hydrogen-bond donors (Lipinski definition) is 2. The molecule has 0 saturated carbocycles. The third-order valence-corrected chi connectivity index (χ3v) is 3.61. The van der Waals surface area contributed by atoms with Crippen LogP contribution in [0.1, 0.15) is 42.7 Å². The van der Waals surface area contributed by atoms with E-state index in [0.717, 1.165) is 17.8 Å². The lowest BCUT2D eigenvalue weighted by Crippen LogP contribution is -2.38. The van der Waals surface area contributed by atoms with Crippen molar-refractivity contribution < 1.29 is 4.79 Å². The summed E-state index contributed by atoms with van der Waals surface area (Å²) in [6.07, 6.45) is 1.67. The molecule has 0 aliphatic heterocycles. The molecule has 0 radical (unpaired) electrons. The van der Waals surface area contributed by atoms with Gasteiger partial charge in [0.1, 0.15) is 5.69 Å². The topological polar surface area (TPSA) is 68.0 Å². The molecule has 1 aromatic rings. The molecule has 1 heterocycles. The van der Waals surface area contributed by atoms with E-state index in [-0.39, 0.29) is 11.9 Å². The van der Waals surface area contributed by atoms with Crippen LogP contribution in [-0.4, -0.2) is 23.5 Å². The summed E-state index contributed by atoms with van der Waals surface area (Å²) in [5, 5.41) is 5.74. The maximum absolute atomic E-state index is 11.9. The van der Waals surface area contributed by atoms with Crippen molar-refractivity contribution in [1.29, 1.82) is 0 Å². The Labute approximate surface area is 107 Å². The second-order valence-corrected chi connectivity index (χ2v) is 5.34. The summed E-state index contributed by atoms with van der Waals surface area (Å²) in [5.74, 6) is 0.358. The molecule has 1 rings (SSSR count). The largest absolute Gasteiger partial charge is 0.348 e. The standard InChI is InChI=1S/C12H21N3OS/c1-4-9(8(2)3)15-12(16)10-7-17-11(14-10)5-6-13/h7-9H,4-6,13H2,1-3H3,(H,15,16). The highest BCUT2D eigenvalue weighted by Crippen LogP contribution is 2.12. The first kappa shape index (κ1) is 14.1. The average Bonchev–Trinajstić information content (AvgIpc) is 2.74. The highest BCUT2D eigenvalue weighted by atomic mass is 32.1. The molecule has 0 aliphatic rings. The molecule has 1 aromatic heterocycles. The summed E-state index contributed by atoms with van der Waals surface area (Å²) in [5.41, 5.74) is 5.97. The van der Waals surface area contributed by atoms with Crippen LogP contribution in [0.2, 0.25) is 0 Å². The van der Waals surface area contributed by atoms with Crippen LogP contribution in [0.15, 0.2) is 5.38 Å². The van der Waals surface area contributed by atoms with Gasteiger partial charge in [0.25, 0.3) is 5.91 Å². The molecule has 3 N–H and O–H groups in total. The van der Waals surface area contributed by atoms with Gasteiger partial charge in [-0.3, -0.25) is 4.79 Å². The van der Waals surface area contributed by atoms with Crippen molar-refractivity contribution in [3.8, 4) is 0 Å². The zero-order chi connectivity index (χ0) is 12.8. The molecule has 96 valence electrons. The lowest BCUT2D eigenvalue weighted by molar-refractivity contribution is 0.0920. The second kappa shape index (κ2) is 6.71. The number of thiazole rings is 1. The molecular formula is C12H21N3OS. The van der Waals surface area contributed by atoms with Gasteiger partial charge in [-0.25, -0.2) is 4.98 Å². The first-order valence-corrected chi connectivity index (χ1v) is 6.91. The SMILES string of the molecule is CCC(NC(=O)c1csc(CCN)n1)C(C)C. The highest BCUT2D eigenvalue weighted by Gasteiger charge is 2.17. The van der Waals surface area contributed by atoms with E-state index in [0.29, 0.717) is 18.2 Å². The van der Waals surface area contributed by atoms with Crippen LogP contribution in [0, 0.1) is 5.92 Å². The third-order valence-electron chi connectivity index (χ3n) is 2.70. The molecule has 5 heteroatoms. The summed E-state index contributed by atoms with van der Waals surface area (Å²) in [7, 11) is 0. The minimum atomic E-state index is -0.0786. The number of aromatic nitrogens is 1. The minimum absolute atomic E-state index is 0.0786. The second-order valence-electron chi connectivity index (χ2n) is 4.40. The fraction of sp³-hybridized carbons (Fsp3) is 0.667. The van der Waals surface area contributed by atoms with Gasteiger partial charge < -0.3 is 11.1 Å². The predicted octanol–water partition coefficient (Wildman–Crippen LogP) is 1.81. The molecule has 1 unspecified atom stereocenters. The Kier molecular flexibility index (Phi) is 5.58. The predicted molar refractivity (Wildman–Crippen MR) is 71.3 cm³/mol. The molecule has 0 saturated heterocycles. The molecule has 1 atom stereocenters. The van der Waals surface area contributed by atoms with Crippen LogP contribution < -0.4 is 11.1 Å². The van der Waals surface area contributed by atoms with E-state index >= 15 is 0 Å². The summed E-state index contributed by atoms with van der Waals surface area (Å²) in [4.78, 5) is 16.2. The number of amides is 1. The quantitative estimate of drug-likeness (QED) is 0.814. The van der Waals surface area contributed by atoms with E-state index in [1.807, 2.05) is 0 Å². The van der Waals surface area contributed by atoms with Gasteiger partial charge in [0.15, 0.2) is 0 Å². The number of carbonyl (C=O) groups is 1. The van der Waals surface area contributed by atoms with E-state index in [1.165, 1.54) is 11.3 Å². The van der Waals surface area contributed by atoms with Crippen LogP contribution in [0.3, 0.4) is 0 Å². The molecule has 1 amide bonds. The third kappa shape index (κ3) is 4.09. The summed E-state index contributed by atoms with van der Waals surface area (Å²) in [6, 6.07) is 0.210. The zero-order valence-corrected chi connectivity index (χ0v) is 11.5. The van der Waals surface area contributed by atoms with Gasteiger partial charge in [0, 0.05) is 17.8 Å². The average molecular weight is 255 g/mol. The van der Waals surface area contributed by atoms with Gasteiger partial charge >= 0.3 is 0 Å². The number of nitrogens with one attached hydrogen (secondary N) is 1. The molecule has 0 fully saturated rings. The Hall–Kier alpha value is -0.940. The van der Waals surface area contributed by atoms with E-state index in [4.69, 9.17) is 5.73 Å². The van der Waals surface area contributed by atoms with Crippen molar-refractivity contribution in [2.75, 3.05) is 6.54 Å². The molecule has 0 aromatic carbocycles. The molecule has 0 spiro atoms. The van der Waals surface area contributed by atoms with Crippen LogP contribution in [0.4, 0.5) is 0 Å². The van der Waals surface area contributed by atoms with Gasteiger partial charge in [-0.2, -0.15) is 0 Å². The zero-order valence-electron chi connectivity index (χ0n) is 10.7. The first-order valence-electron chi connectivity index (χ1n) is 6.03. The Morgan fingerprint density at radius 1 is 1.59 bits per heavy atom. The molecule has 0 bridgehead atoms. The van der Waals surface area contributed by atoms with Gasteiger partial charge in [0.05, 0.1) is 5.01 Å². The molecule has 17 heavy (non-hydrogen) atoms. The Bertz CT molecular complexity index is 362. The van der Waals surface area contributed by atoms with Gasteiger partial charge in [0.2, 0.25) is 0 Å². The van der Waals surface area contributed by atoms with Crippen molar-refractivity contribution in [1.82, 2.24) is 10.3 Å². The lowest BCUT2D eigenvalue weighted by atomic mass is 10.0. The van der Waals surface area contributed by atoms with Gasteiger partial charge in [-0.1, -0.05) is 20.8 Å². The molecule has 0 aliphatic carbocycles. The first-order chi connectivity index (χ1) is 8.08. The Morgan fingerprint density at radius 3 is 2.82 bits per heavy atom. The van der Waals surface area contributed by atoms with Gasteiger partial charge in [-0.15, -0.1) is 11.3 Å². The monoisotopic (exact) mass is 255 g/mol. The van der Waals surface area contributed by atoms with Crippen LogP contribution in [0.25, 0.3) is 0 Å². The van der Waals surface area contributed by atoms with E-state index in [2.05, 4.69) is 31.1 Å². The fourth-order valence-electron chi connectivity index (χ4n) is 1.64. The minimum Gasteiger partial charge on any atom is -0.348 e. The van der Waals surface area contributed by atoms with E-state index in [1.54, 1.807) is 5.38 Å². The van der Waals surface area contributed by atoms with Crippen molar-refractivity contribution in [3.05, 3.63) is 16.1 Å². The maximum Gasteiger partial charge on any atom is 0.270 e. The number of nitrogens with zero attached hydrogens (tertiary/aromatic N) is 1. The number of rotatable bonds is 6. The van der Waals surface area contributed by atoms with Gasteiger partial charge in [-0.05, 0) is 18.9 Å². The van der Waals surface area contributed by atoms with Crippen LogP contribution in [0.5, 0.6) is 0 Å². The van der Waals surface area contributed by atoms with Crippen molar-refractivity contribution in [2.45, 2.75) is 39.7 Å². The smallest absolute Gasteiger partial charge is 0.270 e. The van der Waals surface area contributed by atoms with Crippen molar-refractivity contribution >= 4 is 17.2 Å². The van der Waals surface area contributed by atoms with Crippen molar-refractivity contribution in [3.63, 3.8) is 0 Å². The van der Waals surface area contributed by atoms with E-state index < -0.39 is 0 Å². The Balaban J connectivity index is 2.62. The number of hydrogen-bond acceptors (Lipinski definition) is 4. The van der Waals surface area contributed by atoms with Crippen LogP contribution >= 0.6 is 11.3 Å². The summed E-state index contributed by atoms with van der Waals surface area (Å²) >= 11 is 1.49. The molecular weight excluding hydrogens is 234 g/mol. The van der Waals surface area contributed by atoms with Crippen LogP contribution in [-0.2, 0) is 6.42 Å². The Morgan fingerprint density at radius 2 is 2.29 bits per heavy atom. The normalized spacial score (nSPS) is 12.8. The maximum atomic E-state index is 11.9. The highest BCUT2D eigenvalue weighted by molar-refractivity contribution is 7.09. The number of carbonyl (C=O) groups excluding carboxylic acids is 1. The fourth-order valence-corrected chi connectivity index (χ4v) is 2.43. The lowest BCUT2D eigenvalue weighted by Gasteiger charge is -2.19. The van der Waals surface area contributed by atoms with Crippen molar-refractivity contribution in [2.24, 2.45) is 11.7 Å². The summed E-state index contributed by atoms with van der Waals surface area (Å²) < 4.78 is 0.